The molecule has 1 aromatic carbocycles. The number of para-hydroxylation sites is 1. The number of anilines is 1. The molecule has 20 heavy (non-hydrogen) atoms. The van der Waals surface area contributed by atoms with Gasteiger partial charge in [0.1, 0.15) is 13.2 Å². The number of fused-ring (bicyclic) bond motifs is 1. The van der Waals surface area contributed by atoms with Crippen molar-refractivity contribution in [1.82, 2.24) is 4.90 Å². The first-order chi connectivity index (χ1) is 9.78. The molecule has 2 heterocycles. The van der Waals surface area contributed by atoms with E-state index in [4.69, 9.17) is 9.47 Å². The summed E-state index contributed by atoms with van der Waals surface area (Å²) >= 11 is 0. The van der Waals surface area contributed by atoms with Gasteiger partial charge in [-0.15, -0.1) is 0 Å². The SMILES string of the molecule is CCN1CC[C@@H](Nc2cccc3c2OCCO3)[C@H](C)C1. The third-order valence-corrected chi connectivity index (χ3v) is 4.34. The van der Waals surface area contributed by atoms with Gasteiger partial charge < -0.3 is 19.7 Å². The van der Waals surface area contributed by atoms with Crippen LogP contribution in [0.2, 0.25) is 0 Å². The molecular weight excluding hydrogens is 252 g/mol. The van der Waals surface area contributed by atoms with Gasteiger partial charge in [0, 0.05) is 19.1 Å². The summed E-state index contributed by atoms with van der Waals surface area (Å²) in [6.45, 7) is 9.32. The van der Waals surface area contributed by atoms with Gasteiger partial charge in [-0.1, -0.05) is 19.9 Å². The maximum absolute atomic E-state index is 5.78. The first-order valence-electron chi connectivity index (χ1n) is 7.65. The molecule has 0 spiro atoms. The molecule has 4 heteroatoms. The Bertz CT molecular complexity index is 464. The van der Waals surface area contributed by atoms with Gasteiger partial charge in [0.05, 0.1) is 5.69 Å². The zero-order valence-corrected chi connectivity index (χ0v) is 12.4. The Morgan fingerprint density at radius 1 is 1.30 bits per heavy atom. The minimum Gasteiger partial charge on any atom is -0.486 e. The van der Waals surface area contributed by atoms with Gasteiger partial charge in [-0.3, -0.25) is 0 Å². The van der Waals surface area contributed by atoms with Gasteiger partial charge in [-0.05, 0) is 31.0 Å². The van der Waals surface area contributed by atoms with Gasteiger partial charge >= 0.3 is 0 Å². The highest BCUT2D eigenvalue weighted by Crippen LogP contribution is 2.38. The number of nitrogens with one attached hydrogen (secondary N) is 1. The highest BCUT2D eigenvalue weighted by molar-refractivity contribution is 5.64. The van der Waals surface area contributed by atoms with E-state index in [1.54, 1.807) is 0 Å². The fourth-order valence-electron chi connectivity index (χ4n) is 3.12. The lowest BCUT2D eigenvalue weighted by Crippen LogP contribution is -2.45. The quantitative estimate of drug-likeness (QED) is 0.920. The molecule has 2 aliphatic rings. The van der Waals surface area contributed by atoms with E-state index in [2.05, 4.69) is 30.1 Å². The molecule has 0 amide bonds. The molecule has 1 aromatic rings. The molecule has 2 aliphatic heterocycles. The molecule has 0 radical (unpaired) electrons. The van der Waals surface area contributed by atoms with E-state index in [9.17, 15) is 0 Å². The zero-order chi connectivity index (χ0) is 13.9. The van der Waals surface area contributed by atoms with Gasteiger partial charge in [0.2, 0.25) is 0 Å². The van der Waals surface area contributed by atoms with E-state index >= 15 is 0 Å². The molecule has 1 N–H and O–H groups in total. The minimum atomic E-state index is 0.509. The zero-order valence-electron chi connectivity index (χ0n) is 12.4. The Morgan fingerprint density at radius 3 is 2.95 bits per heavy atom. The van der Waals surface area contributed by atoms with Crippen LogP contribution in [0.3, 0.4) is 0 Å². The molecule has 0 unspecified atom stereocenters. The Kier molecular flexibility index (Phi) is 4.01. The Hall–Kier alpha value is -1.42. The van der Waals surface area contributed by atoms with Crippen molar-refractivity contribution in [3.63, 3.8) is 0 Å². The number of likely N-dealkylation sites (tertiary alicyclic amines) is 1. The third-order valence-electron chi connectivity index (χ3n) is 4.34. The molecule has 1 saturated heterocycles. The Balaban J connectivity index is 1.72. The standard InChI is InChI=1S/C16H24N2O2/c1-3-18-8-7-13(12(2)11-18)17-14-5-4-6-15-16(14)20-10-9-19-15/h4-6,12-13,17H,3,7-11H2,1-2H3/t12-,13-/m1/s1. The van der Waals surface area contributed by atoms with E-state index in [0.29, 0.717) is 25.2 Å². The lowest BCUT2D eigenvalue weighted by atomic mass is 9.93. The number of nitrogens with zero attached hydrogens (tertiary/aromatic N) is 1. The highest BCUT2D eigenvalue weighted by atomic mass is 16.6. The van der Waals surface area contributed by atoms with Crippen molar-refractivity contribution in [3.8, 4) is 11.5 Å². The van der Waals surface area contributed by atoms with Crippen LogP contribution >= 0.6 is 0 Å². The predicted molar refractivity (Wildman–Crippen MR) is 80.7 cm³/mol. The van der Waals surface area contributed by atoms with Crippen LogP contribution < -0.4 is 14.8 Å². The Morgan fingerprint density at radius 2 is 2.15 bits per heavy atom. The molecular formula is C16H24N2O2. The highest BCUT2D eigenvalue weighted by Gasteiger charge is 2.26. The number of benzene rings is 1. The van der Waals surface area contributed by atoms with Gasteiger partial charge in [-0.25, -0.2) is 0 Å². The number of piperidine rings is 1. The maximum Gasteiger partial charge on any atom is 0.184 e. The van der Waals surface area contributed by atoms with Crippen molar-refractivity contribution in [1.29, 1.82) is 0 Å². The van der Waals surface area contributed by atoms with Crippen molar-refractivity contribution in [2.45, 2.75) is 26.3 Å². The molecule has 1 fully saturated rings. The fourth-order valence-corrected chi connectivity index (χ4v) is 3.12. The van der Waals surface area contributed by atoms with Crippen LogP contribution in [-0.2, 0) is 0 Å². The summed E-state index contributed by atoms with van der Waals surface area (Å²) in [5.41, 5.74) is 1.07. The number of rotatable bonds is 3. The van der Waals surface area contributed by atoms with Crippen LogP contribution in [0.15, 0.2) is 18.2 Å². The maximum atomic E-state index is 5.78. The molecule has 0 aliphatic carbocycles. The first kappa shape index (κ1) is 13.6. The topological polar surface area (TPSA) is 33.7 Å². The van der Waals surface area contributed by atoms with Gasteiger partial charge in [-0.2, -0.15) is 0 Å². The monoisotopic (exact) mass is 276 g/mol. The van der Waals surface area contributed by atoms with Crippen LogP contribution in [0.25, 0.3) is 0 Å². The van der Waals surface area contributed by atoms with Crippen molar-refractivity contribution < 1.29 is 9.47 Å². The van der Waals surface area contributed by atoms with E-state index in [1.807, 2.05) is 12.1 Å². The summed E-state index contributed by atoms with van der Waals surface area (Å²) in [5, 5.41) is 3.67. The van der Waals surface area contributed by atoms with E-state index in [-0.39, 0.29) is 0 Å². The minimum absolute atomic E-state index is 0.509. The molecule has 4 nitrogen and oxygen atoms in total. The number of hydrogen-bond donors (Lipinski definition) is 1. The summed E-state index contributed by atoms with van der Waals surface area (Å²) in [6.07, 6.45) is 1.18. The lowest BCUT2D eigenvalue weighted by Gasteiger charge is -2.37. The second-order valence-electron chi connectivity index (χ2n) is 5.74. The summed E-state index contributed by atoms with van der Waals surface area (Å²) in [4.78, 5) is 2.52. The van der Waals surface area contributed by atoms with Crippen molar-refractivity contribution in [2.24, 2.45) is 5.92 Å². The second-order valence-corrected chi connectivity index (χ2v) is 5.74. The van der Waals surface area contributed by atoms with Crippen LogP contribution in [0, 0.1) is 5.92 Å². The van der Waals surface area contributed by atoms with Crippen LogP contribution in [0.4, 0.5) is 5.69 Å². The summed E-state index contributed by atoms with van der Waals surface area (Å²) in [7, 11) is 0. The smallest absolute Gasteiger partial charge is 0.184 e. The summed E-state index contributed by atoms with van der Waals surface area (Å²) < 4.78 is 11.4. The van der Waals surface area contributed by atoms with E-state index in [1.165, 1.54) is 19.5 Å². The summed E-state index contributed by atoms with van der Waals surface area (Å²) in [6, 6.07) is 6.60. The normalized spacial score (nSPS) is 26.3. The van der Waals surface area contributed by atoms with Crippen molar-refractivity contribution in [2.75, 3.05) is 38.2 Å². The third kappa shape index (κ3) is 2.70. The fraction of sp³-hybridized carbons (Fsp3) is 0.625. The predicted octanol–water partition coefficient (Wildman–Crippen LogP) is 2.60. The number of ether oxygens (including phenoxy) is 2. The second kappa shape index (κ2) is 5.92. The van der Waals surface area contributed by atoms with Gasteiger partial charge in [0.25, 0.3) is 0 Å². The molecule has 2 atom stereocenters. The molecule has 110 valence electrons. The lowest BCUT2D eigenvalue weighted by molar-refractivity contribution is 0.169. The van der Waals surface area contributed by atoms with Crippen LogP contribution in [0.1, 0.15) is 20.3 Å². The van der Waals surface area contributed by atoms with Gasteiger partial charge in [0.15, 0.2) is 11.5 Å². The van der Waals surface area contributed by atoms with Crippen LogP contribution in [-0.4, -0.2) is 43.8 Å². The molecule has 3 rings (SSSR count). The Labute approximate surface area is 121 Å². The molecule has 0 bridgehead atoms. The van der Waals surface area contributed by atoms with E-state index < -0.39 is 0 Å². The molecule has 0 saturated carbocycles. The van der Waals surface area contributed by atoms with Crippen molar-refractivity contribution >= 4 is 5.69 Å². The van der Waals surface area contributed by atoms with Crippen molar-refractivity contribution in [3.05, 3.63) is 18.2 Å². The number of hydrogen-bond acceptors (Lipinski definition) is 4. The first-order valence-corrected chi connectivity index (χ1v) is 7.65. The summed E-state index contributed by atoms with van der Waals surface area (Å²) in [5.74, 6) is 2.38. The largest absolute Gasteiger partial charge is 0.486 e. The average molecular weight is 276 g/mol. The molecule has 0 aromatic heterocycles. The van der Waals surface area contributed by atoms with Crippen LogP contribution in [0.5, 0.6) is 11.5 Å². The van der Waals surface area contributed by atoms with E-state index in [0.717, 1.165) is 23.7 Å². The average Bonchev–Trinajstić information content (AvgIpc) is 2.49.